The molecule has 0 spiro atoms. The van der Waals surface area contributed by atoms with E-state index in [1.165, 1.54) is 29.6 Å². The predicted molar refractivity (Wildman–Crippen MR) is 115 cm³/mol. The monoisotopic (exact) mass is 452 g/mol. The zero-order valence-corrected chi connectivity index (χ0v) is 18.6. The Morgan fingerprint density at radius 2 is 1.80 bits per heavy atom. The highest BCUT2D eigenvalue weighted by Crippen LogP contribution is 2.23. The number of carbonyl (C=O) groups is 2. The van der Waals surface area contributed by atoms with Crippen molar-refractivity contribution < 1.29 is 18.0 Å². The van der Waals surface area contributed by atoms with Crippen LogP contribution in [0.5, 0.6) is 0 Å². The number of benzene rings is 1. The number of aromatic nitrogens is 1. The van der Waals surface area contributed by atoms with Crippen molar-refractivity contribution >= 4 is 33.4 Å². The van der Waals surface area contributed by atoms with Crippen LogP contribution in [0.4, 0.5) is 0 Å². The van der Waals surface area contributed by atoms with Crippen molar-refractivity contribution in [2.24, 2.45) is 0 Å². The van der Waals surface area contributed by atoms with Crippen LogP contribution in [-0.2, 0) is 21.4 Å². The fourth-order valence-corrected chi connectivity index (χ4v) is 4.05. The number of rotatable bonds is 9. The Balaban J connectivity index is 1.96. The molecule has 10 heteroatoms. The van der Waals surface area contributed by atoms with Gasteiger partial charge in [-0.25, -0.2) is 8.42 Å². The van der Waals surface area contributed by atoms with Crippen LogP contribution in [0.3, 0.4) is 0 Å². The molecule has 1 heterocycles. The number of hydrogen-bond acceptors (Lipinski definition) is 5. The molecule has 0 unspecified atom stereocenters. The quantitative estimate of drug-likeness (QED) is 0.606. The predicted octanol–water partition coefficient (Wildman–Crippen LogP) is 2.20. The molecule has 0 bridgehead atoms. The summed E-state index contributed by atoms with van der Waals surface area (Å²) in [4.78, 5) is 28.3. The van der Waals surface area contributed by atoms with E-state index in [1.54, 1.807) is 38.4 Å². The lowest BCUT2D eigenvalue weighted by molar-refractivity contribution is -0.121. The highest BCUT2D eigenvalue weighted by molar-refractivity contribution is 7.89. The van der Waals surface area contributed by atoms with Crippen molar-refractivity contribution in [3.8, 4) is 0 Å². The summed E-state index contributed by atoms with van der Waals surface area (Å²) in [5, 5.41) is 5.47. The summed E-state index contributed by atoms with van der Waals surface area (Å²) in [5.74, 6) is -0.778. The highest BCUT2D eigenvalue weighted by Gasteiger charge is 2.25. The molecule has 30 heavy (non-hydrogen) atoms. The summed E-state index contributed by atoms with van der Waals surface area (Å²) in [6.45, 7) is 3.95. The number of carbonyl (C=O) groups excluding carboxylic acids is 2. The SMILES string of the molecule is CC(C)N(C)S(=O)(=O)c1ccc(Cl)c(C(=O)NCCC(=O)NCc2ccncc2)c1. The average molecular weight is 453 g/mol. The first-order chi connectivity index (χ1) is 14.1. The van der Waals surface area contributed by atoms with Crippen molar-refractivity contribution in [2.45, 2.75) is 37.8 Å². The Morgan fingerprint density at radius 1 is 1.13 bits per heavy atom. The van der Waals surface area contributed by atoms with Gasteiger partial charge in [-0.15, -0.1) is 0 Å². The maximum atomic E-state index is 12.6. The van der Waals surface area contributed by atoms with Gasteiger partial charge in [0.2, 0.25) is 15.9 Å². The normalized spacial score (nSPS) is 11.5. The summed E-state index contributed by atoms with van der Waals surface area (Å²) in [6.07, 6.45) is 3.35. The van der Waals surface area contributed by atoms with Gasteiger partial charge in [-0.1, -0.05) is 11.6 Å². The molecule has 1 aromatic heterocycles. The Labute approximate surface area is 181 Å². The van der Waals surface area contributed by atoms with Crippen molar-refractivity contribution in [2.75, 3.05) is 13.6 Å². The van der Waals surface area contributed by atoms with Gasteiger partial charge in [0, 0.05) is 45.0 Å². The molecule has 2 rings (SSSR count). The van der Waals surface area contributed by atoms with Gasteiger partial charge >= 0.3 is 0 Å². The first kappa shape index (κ1) is 23.8. The van der Waals surface area contributed by atoms with E-state index in [0.29, 0.717) is 6.54 Å². The third kappa shape index (κ3) is 6.25. The molecule has 8 nitrogen and oxygen atoms in total. The molecule has 0 radical (unpaired) electrons. The Hall–Kier alpha value is -2.49. The second-order valence-electron chi connectivity index (χ2n) is 6.89. The molecule has 1 aromatic carbocycles. The maximum Gasteiger partial charge on any atom is 0.252 e. The first-order valence-electron chi connectivity index (χ1n) is 9.34. The van der Waals surface area contributed by atoms with Crippen LogP contribution < -0.4 is 10.6 Å². The second kappa shape index (κ2) is 10.5. The van der Waals surface area contributed by atoms with Crippen molar-refractivity contribution in [1.29, 1.82) is 0 Å². The standard InChI is InChI=1S/C20H25ClN4O4S/c1-14(2)25(3)30(28,29)16-4-5-18(21)17(12-16)20(27)23-11-8-19(26)24-13-15-6-9-22-10-7-15/h4-7,9-10,12,14H,8,11,13H2,1-3H3,(H,23,27)(H,24,26). The van der Waals surface area contributed by atoms with Gasteiger partial charge in [0.25, 0.3) is 5.91 Å². The summed E-state index contributed by atoms with van der Waals surface area (Å²) >= 11 is 6.09. The lowest BCUT2D eigenvalue weighted by atomic mass is 10.2. The van der Waals surface area contributed by atoms with E-state index in [0.717, 1.165) is 5.56 Å². The summed E-state index contributed by atoms with van der Waals surface area (Å²) in [6, 6.07) is 7.33. The van der Waals surface area contributed by atoms with Crippen LogP contribution in [0, 0.1) is 0 Å². The van der Waals surface area contributed by atoms with Crippen molar-refractivity contribution in [3.63, 3.8) is 0 Å². The molecule has 2 N–H and O–H groups in total. The van der Waals surface area contributed by atoms with Crippen LogP contribution in [0.25, 0.3) is 0 Å². The van der Waals surface area contributed by atoms with E-state index in [1.807, 2.05) is 0 Å². The molecule has 0 fully saturated rings. The number of nitrogens with zero attached hydrogens (tertiary/aromatic N) is 2. The molecule has 0 saturated carbocycles. The molecule has 0 atom stereocenters. The van der Waals surface area contributed by atoms with Gasteiger partial charge in [0.05, 0.1) is 15.5 Å². The van der Waals surface area contributed by atoms with E-state index in [4.69, 9.17) is 11.6 Å². The molecular weight excluding hydrogens is 428 g/mol. The van der Waals surface area contributed by atoms with Gasteiger partial charge in [-0.2, -0.15) is 4.31 Å². The topological polar surface area (TPSA) is 108 Å². The minimum Gasteiger partial charge on any atom is -0.352 e. The second-order valence-corrected chi connectivity index (χ2v) is 9.30. The zero-order chi connectivity index (χ0) is 22.3. The number of nitrogens with one attached hydrogen (secondary N) is 2. The summed E-state index contributed by atoms with van der Waals surface area (Å²) in [7, 11) is -2.28. The summed E-state index contributed by atoms with van der Waals surface area (Å²) in [5.41, 5.74) is 0.950. The van der Waals surface area contributed by atoms with Gasteiger partial charge in [-0.05, 0) is 49.7 Å². The van der Waals surface area contributed by atoms with Crippen LogP contribution in [-0.4, -0.2) is 49.2 Å². The maximum absolute atomic E-state index is 12.6. The molecule has 0 aliphatic carbocycles. The molecule has 0 aliphatic heterocycles. The van der Waals surface area contributed by atoms with E-state index in [-0.39, 0.29) is 40.4 Å². The van der Waals surface area contributed by atoms with Crippen LogP contribution in [0.15, 0.2) is 47.6 Å². The lowest BCUT2D eigenvalue weighted by Crippen LogP contribution is -2.33. The minimum atomic E-state index is -3.75. The number of halogens is 1. The average Bonchev–Trinajstić information content (AvgIpc) is 2.72. The fraction of sp³-hybridized carbons (Fsp3) is 0.350. The Morgan fingerprint density at radius 3 is 2.43 bits per heavy atom. The van der Waals surface area contributed by atoms with E-state index < -0.39 is 15.9 Å². The van der Waals surface area contributed by atoms with Crippen molar-refractivity contribution in [3.05, 3.63) is 58.9 Å². The number of sulfonamides is 1. The van der Waals surface area contributed by atoms with Crippen molar-refractivity contribution in [1.82, 2.24) is 19.9 Å². The first-order valence-corrected chi connectivity index (χ1v) is 11.2. The van der Waals surface area contributed by atoms with Gasteiger partial charge in [0.15, 0.2) is 0 Å². The van der Waals surface area contributed by atoms with Crippen LogP contribution in [0.2, 0.25) is 5.02 Å². The number of hydrogen-bond donors (Lipinski definition) is 2. The van der Waals surface area contributed by atoms with Gasteiger partial charge < -0.3 is 10.6 Å². The lowest BCUT2D eigenvalue weighted by Gasteiger charge is -2.21. The molecule has 0 saturated heterocycles. The molecule has 2 aromatic rings. The fourth-order valence-electron chi connectivity index (χ4n) is 2.46. The van der Waals surface area contributed by atoms with E-state index in [2.05, 4.69) is 15.6 Å². The Bertz CT molecular complexity index is 997. The van der Waals surface area contributed by atoms with Gasteiger partial charge in [0.1, 0.15) is 0 Å². The molecule has 0 aliphatic rings. The largest absolute Gasteiger partial charge is 0.352 e. The number of amides is 2. The zero-order valence-electron chi connectivity index (χ0n) is 17.1. The molecule has 2 amide bonds. The third-order valence-electron chi connectivity index (χ3n) is 4.46. The highest BCUT2D eigenvalue weighted by atomic mass is 35.5. The third-order valence-corrected chi connectivity index (χ3v) is 6.82. The van der Waals surface area contributed by atoms with Gasteiger partial charge in [-0.3, -0.25) is 14.6 Å². The Kier molecular flexibility index (Phi) is 8.33. The number of pyridine rings is 1. The minimum absolute atomic E-state index is 0.0247. The summed E-state index contributed by atoms with van der Waals surface area (Å²) < 4.78 is 26.5. The van der Waals surface area contributed by atoms with Crippen LogP contribution >= 0.6 is 11.6 Å². The van der Waals surface area contributed by atoms with E-state index in [9.17, 15) is 18.0 Å². The smallest absolute Gasteiger partial charge is 0.252 e. The van der Waals surface area contributed by atoms with E-state index >= 15 is 0 Å². The van der Waals surface area contributed by atoms with Crippen LogP contribution in [0.1, 0.15) is 36.2 Å². The molecule has 162 valence electrons. The molecular formula is C20H25ClN4O4S.